The molecule has 1 aliphatic rings. The minimum Gasteiger partial charge on any atom is -0.495 e. The van der Waals surface area contributed by atoms with Crippen molar-refractivity contribution < 1.29 is 19.0 Å². The van der Waals surface area contributed by atoms with Gasteiger partial charge in [-0.15, -0.1) is 0 Å². The molecule has 0 radical (unpaired) electrons. The van der Waals surface area contributed by atoms with Crippen LogP contribution in [0.3, 0.4) is 0 Å². The first-order valence-electron chi connectivity index (χ1n) is 9.06. The molecule has 0 aliphatic carbocycles. The van der Waals surface area contributed by atoms with Crippen molar-refractivity contribution in [3.05, 3.63) is 48.0 Å². The fourth-order valence-corrected chi connectivity index (χ4v) is 2.97. The molecular formula is C22H24N2O4. The maximum absolute atomic E-state index is 11.9. The fraction of sp³-hybridized carbons (Fsp3) is 0.318. The molecule has 2 N–H and O–H groups in total. The van der Waals surface area contributed by atoms with Gasteiger partial charge in [0.05, 0.1) is 19.3 Å². The third kappa shape index (κ3) is 4.89. The zero-order chi connectivity index (χ0) is 20.0. The van der Waals surface area contributed by atoms with Crippen LogP contribution in [0.5, 0.6) is 17.2 Å². The average molecular weight is 380 g/mol. The molecule has 0 bridgehead atoms. The second-order valence-electron chi connectivity index (χ2n) is 6.93. The van der Waals surface area contributed by atoms with Gasteiger partial charge in [-0.25, -0.2) is 4.79 Å². The van der Waals surface area contributed by atoms with Crippen molar-refractivity contribution >= 4 is 11.7 Å². The van der Waals surface area contributed by atoms with Crippen LogP contribution in [0, 0.1) is 11.8 Å². The third-order valence-corrected chi connectivity index (χ3v) is 4.17. The van der Waals surface area contributed by atoms with E-state index < -0.39 is 0 Å². The first-order valence-corrected chi connectivity index (χ1v) is 9.06. The summed E-state index contributed by atoms with van der Waals surface area (Å²) in [5, 5.41) is 5.40. The first-order chi connectivity index (χ1) is 13.5. The summed E-state index contributed by atoms with van der Waals surface area (Å²) in [6.07, 6.45) is 0.858. The lowest BCUT2D eigenvalue weighted by atomic mass is 10.0. The van der Waals surface area contributed by atoms with Crippen molar-refractivity contribution in [2.45, 2.75) is 25.9 Å². The molecule has 0 saturated heterocycles. The molecule has 1 heterocycles. The lowest BCUT2D eigenvalue weighted by Gasteiger charge is -2.17. The Hall–Kier alpha value is -3.33. The van der Waals surface area contributed by atoms with Crippen LogP contribution in [0.15, 0.2) is 42.5 Å². The van der Waals surface area contributed by atoms with Gasteiger partial charge in [-0.2, -0.15) is 0 Å². The Balaban J connectivity index is 1.44. The second-order valence-corrected chi connectivity index (χ2v) is 6.93. The van der Waals surface area contributed by atoms with Crippen LogP contribution in [-0.4, -0.2) is 31.9 Å². The predicted octanol–water partition coefficient (Wildman–Crippen LogP) is 3.61. The van der Waals surface area contributed by atoms with E-state index >= 15 is 0 Å². The average Bonchev–Trinajstić information content (AvgIpc) is 2.99. The summed E-state index contributed by atoms with van der Waals surface area (Å²) in [6.45, 7) is 4.54. The summed E-state index contributed by atoms with van der Waals surface area (Å²) < 4.78 is 16.9. The second kappa shape index (κ2) is 8.57. The molecule has 146 valence electrons. The zero-order valence-corrected chi connectivity index (χ0v) is 16.3. The number of anilines is 1. The molecule has 28 heavy (non-hydrogen) atoms. The van der Waals surface area contributed by atoms with Gasteiger partial charge in [0.2, 0.25) is 0 Å². The van der Waals surface area contributed by atoms with Crippen molar-refractivity contribution in [1.29, 1.82) is 0 Å². The van der Waals surface area contributed by atoms with E-state index in [4.69, 9.17) is 14.2 Å². The fourth-order valence-electron chi connectivity index (χ4n) is 2.97. The number of carbonyl (C=O) groups is 1. The minimum absolute atomic E-state index is 0.209. The van der Waals surface area contributed by atoms with Gasteiger partial charge in [0.25, 0.3) is 0 Å². The van der Waals surface area contributed by atoms with Crippen LogP contribution < -0.4 is 24.8 Å². The van der Waals surface area contributed by atoms with E-state index in [1.807, 2.05) is 30.3 Å². The summed E-state index contributed by atoms with van der Waals surface area (Å²) in [6, 6.07) is 12.7. The van der Waals surface area contributed by atoms with Crippen LogP contribution >= 0.6 is 0 Å². The van der Waals surface area contributed by atoms with E-state index in [1.54, 1.807) is 19.2 Å². The number of amides is 2. The number of urea groups is 1. The number of hydrogen-bond donors (Lipinski definition) is 2. The molecule has 3 rings (SSSR count). The lowest BCUT2D eigenvalue weighted by molar-refractivity contribution is 0.133. The molecule has 2 amide bonds. The summed E-state index contributed by atoms with van der Waals surface area (Å²) in [7, 11) is 1.55. The Morgan fingerprint density at radius 1 is 1.14 bits per heavy atom. The summed E-state index contributed by atoms with van der Waals surface area (Å²) in [5.41, 5.74) is 1.52. The third-order valence-electron chi connectivity index (χ3n) is 4.17. The zero-order valence-electron chi connectivity index (χ0n) is 16.3. The standard InChI is InChI=1S/C22H24N2O4/c1-22(2)15-16-9-8-12-19(20(16)28-22)27-14-7-6-13-23-21(25)24-17-10-4-5-11-18(17)26-3/h4-5,8-12H,13-15H2,1-3H3,(H2,23,24,25). The number of hydrogen-bond acceptors (Lipinski definition) is 4. The number of benzene rings is 2. The van der Waals surface area contributed by atoms with Gasteiger partial charge in [0.1, 0.15) is 18.0 Å². The van der Waals surface area contributed by atoms with Gasteiger partial charge in [-0.1, -0.05) is 36.1 Å². The van der Waals surface area contributed by atoms with Crippen LogP contribution in [0.2, 0.25) is 0 Å². The van der Waals surface area contributed by atoms with Crippen LogP contribution in [0.25, 0.3) is 0 Å². The molecule has 0 aromatic heterocycles. The molecular weight excluding hydrogens is 356 g/mol. The highest BCUT2D eigenvalue weighted by Crippen LogP contribution is 2.41. The maximum atomic E-state index is 11.9. The van der Waals surface area contributed by atoms with Gasteiger partial charge in [0.15, 0.2) is 11.5 Å². The van der Waals surface area contributed by atoms with Gasteiger partial charge in [-0.3, -0.25) is 0 Å². The topological polar surface area (TPSA) is 68.8 Å². The quantitative estimate of drug-likeness (QED) is 0.778. The number of para-hydroxylation sites is 3. The molecule has 2 aromatic rings. The van der Waals surface area contributed by atoms with E-state index in [2.05, 4.69) is 36.3 Å². The van der Waals surface area contributed by atoms with Crippen LogP contribution in [0.1, 0.15) is 19.4 Å². The smallest absolute Gasteiger partial charge is 0.320 e. The maximum Gasteiger partial charge on any atom is 0.320 e. The molecule has 0 spiro atoms. The number of rotatable bonds is 5. The molecule has 0 atom stereocenters. The number of carbonyl (C=O) groups excluding carboxylic acids is 1. The predicted molar refractivity (Wildman–Crippen MR) is 108 cm³/mol. The van der Waals surface area contributed by atoms with E-state index in [0.29, 0.717) is 17.2 Å². The summed E-state index contributed by atoms with van der Waals surface area (Å²) in [4.78, 5) is 11.9. The number of fused-ring (bicyclic) bond motifs is 1. The largest absolute Gasteiger partial charge is 0.495 e. The Bertz CT molecular complexity index is 912. The van der Waals surface area contributed by atoms with Crippen molar-refractivity contribution in [1.82, 2.24) is 5.32 Å². The number of ether oxygens (including phenoxy) is 3. The highest BCUT2D eigenvalue weighted by Gasteiger charge is 2.32. The minimum atomic E-state index is -0.351. The van der Waals surface area contributed by atoms with Crippen LogP contribution in [-0.2, 0) is 6.42 Å². The van der Waals surface area contributed by atoms with Crippen molar-refractivity contribution in [3.8, 4) is 29.1 Å². The van der Waals surface area contributed by atoms with Crippen LogP contribution in [0.4, 0.5) is 10.5 Å². The molecule has 6 heteroatoms. The Kier molecular flexibility index (Phi) is 5.95. The monoisotopic (exact) mass is 380 g/mol. The Morgan fingerprint density at radius 3 is 2.75 bits per heavy atom. The molecule has 0 unspecified atom stereocenters. The Morgan fingerprint density at radius 2 is 1.93 bits per heavy atom. The van der Waals surface area contributed by atoms with Gasteiger partial charge in [-0.05, 0) is 32.0 Å². The highest BCUT2D eigenvalue weighted by molar-refractivity contribution is 5.91. The highest BCUT2D eigenvalue weighted by atomic mass is 16.5. The summed E-state index contributed by atoms with van der Waals surface area (Å²) >= 11 is 0. The summed E-state index contributed by atoms with van der Waals surface area (Å²) in [5.74, 6) is 7.84. The molecule has 6 nitrogen and oxygen atoms in total. The van der Waals surface area contributed by atoms with E-state index in [-0.39, 0.29) is 24.8 Å². The van der Waals surface area contributed by atoms with Crippen molar-refractivity contribution in [3.63, 3.8) is 0 Å². The van der Waals surface area contributed by atoms with E-state index in [9.17, 15) is 4.79 Å². The Labute approximate surface area is 165 Å². The first kappa shape index (κ1) is 19.4. The number of nitrogens with one attached hydrogen (secondary N) is 2. The molecule has 2 aromatic carbocycles. The number of methoxy groups -OCH3 is 1. The molecule has 0 fully saturated rings. The van der Waals surface area contributed by atoms with Gasteiger partial charge >= 0.3 is 6.03 Å². The van der Waals surface area contributed by atoms with E-state index in [0.717, 1.165) is 17.7 Å². The lowest BCUT2D eigenvalue weighted by Crippen LogP contribution is -2.29. The van der Waals surface area contributed by atoms with Gasteiger partial charge in [0, 0.05) is 12.0 Å². The van der Waals surface area contributed by atoms with Gasteiger partial charge < -0.3 is 24.8 Å². The van der Waals surface area contributed by atoms with E-state index in [1.165, 1.54) is 0 Å². The molecule has 0 saturated carbocycles. The SMILES string of the molecule is COc1ccccc1NC(=O)NCC#CCOc1cccc2c1OC(C)(C)C2. The van der Waals surface area contributed by atoms with Crippen molar-refractivity contribution in [2.24, 2.45) is 0 Å². The molecule has 1 aliphatic heterocycles. The van der Waals surface area contributed by atoms with Crippen molar-refractivity contribution in [2.75, 3.05) is 25.6 Å². The normalized spacial score (nSPS) is 13.4.